The van der Waals surface area contributed by atoms with Crippen molar-refractivity contribution >= 4 is 35.0 Å². The van der Waals surface area contributed by atoms with Gasteiger partial charge in [-0.2, -0.15) is 0 Å². The molecule has 4 amide bonds. The Kier molecular flexibility index (Phi) is 11.8. The molecule has 0 aromatic carbocycles. The van der Waals surface area contributed by atoms with E-state index < -0.39 is 0 Å². The van der Waals surface area contributed by atoms with Gasteiger partial charge in [0.25, 0.3) is 0 Å². The van der Waals surface area contributed by atoms with Crippen LogP contribution in [0.3, 0.4) is 0 Å². The highest BCUT2D eigenvalue weighted by molar-refractivity contribution is 7.11. The molecule has 0 radical (unpaired) electrons. The van der Waals surface area contributed by atoms with E-state index >= 15 is 0 Å². The van der Waals surface area contributed by atoms with Gasteiger partial charge < -0.3 is 24.8 Å². The Hall–Kier alpha value is -2.57. The molecule has 0 unspecified atom stereocenters. The predicted octanol–water partition coefficient (Wildman–Crippen LogP) is 3.59. The molecule has 1 N–H and O–H groups in total. The molecule has 1 aromatic rings. The zero-order chi connectivity index (χ0) is 34.6. The number of aromatic nitrogens is 1. The third-order valence-electron chi connectivity index (χ3n) is 12.9. The van der Waals surface area contributed by atoms with Gasteiger partial charge >= 0.3 is 0 Å². The molecule has 11 nitrogen and oxygen atoms in total. The highest BCUT2D eigenvalue weighted by atomic mass is 32.1. The lowest BCUT2D eigenvalue weighted by Crippen LogP contribution is -2.49. The van der Waals surface area contributed by atoms with Crippen molar-refractivity contribution in [2.45, 2.75) is 102 Å². The van der Waals surface area contributed by atoms with E-state index in [9.17, 15) is 19.2 Å². The molecule has 6 bridgehead atoms. The zero-order valence-corrected chi connectivity index (χ0v) is 30.9. The summed E-state index contributed by atoms with van der Waals surface area (Å²) in [6.45, 7) is 10.6. The Balaban J connectivity index is 1.09. The van der Waals surface area contributed by atoms with Crippen molar-refractivity contribution in [3.05, 3.63) is 15.6 Å². The minimum atomic E-state index is -0.0611. The molecule has 8 rings (SSSR count). The standard InChI is InChI=1S/C38H58N6O5S/c1-26-33-23-37(48)44-17-8-29(22-35(46)41-12-2-3-13-41)31(25-44)20-34(45)39-11-4-30-24-43(32-9-18-49-19-10-32)16-7-28(30)21-36(47)42-14-5-27(6-15-42)38(40-33)50-26/h27-32H,2-25H2,1H3,(H,39,45)/t28-,29-,30-,31-/m0/s1. The molecule has 276 valence electrons. The van der Waals surface area contributed by atoms with Crippen LogP contribution < -0.4 is 5.32 Å². The molecule has 5 fully saturated rings. The largest absolute Gasteiger partial charge is 0.381 e. The fraction of sp³-hybridized carbons (Fsp3) is 0.816. The van der Waals surface area contributed by atoms with Crippen molar-refractivity contribution in [1.29, 1.82) is 0 Å². The quantitative estimate of drug-likeness (QED) is 0.510. The maximum Gasteiger partial charge on any atom is 0.228 e. The van der Waals surface area contributed by atoms with Crippen molar-refractivity contribution in [2.75, 3.05) is 72.1 Å². The second-order valence-corrected chi connectivity index (χ2v) is 17.3. The third kappa shape index (κ3) is 8.55. The number of fused-ring (bicyclic) bond motifs is 8. The minimum absolute atomic E-state index is 0.00151. The van der Waals surface area contributed by atoms with Crippen LogP contribution in [-0.2, 0) is 30.3 Å². The summed E-state index contributed by atoms with van der Waals surface area (Å²) in [6.07, 6.45) is 10.3. The van der Waals surface area contributed by atoms with Gasteiger partial charge in [-0.15, -0.1) is 11.3 Å². The molecular formula is C38H58N6O5S. The van der Waals surface area contributed by atoms with Gasteiger partial charge in [0.15, 0.2) is 0 Å². The minimum Gasteiger partial charge on any atom is -0.381 e. The molecule has 7 aliphatic rings. The van der Waals surface area contributed by atoms with Gasteiger partial charge in [0, 0.05) is 102 Å². The summed E-state index contributed by atoms with van der Waals surface area (Å²) in [6, 6.07) is 0.534. The van der Waals surface area contributed by atoms with Crippen LogP contribution in [0.25, 0.3) is 0 Å². The topological polar surface area (TPSA) is 115 Å². The van der Waals surface area contributed by atoms with Crippen molar-refractivity contribution in [3.63, 3.8) is 0 Å². The molecule has 1 aromatic heterocycles. The van der Waals surface area contributed by atoms with E-state index in [1.165, 1.54) is 0 Å². The smallest absolute Gasteiger partial charge is 0.228 e. The van der Waals surface area contributed by atoms with Gasteiger partial charge in [0.05, 0.1) is 17.1 Å². The number of nitrogens with one attached hydrogen (secondary N) is 1. The number of amides is 4. The van der Waals surface area contributed by atoms with Crippen molar-refractivity contribution in [1.82, 2.24) is 29.9 Å². The van der Waals surface area contributed by atoms with Gasteiger partial charge in [-0.1, -0.05) is 0 Å². The Morgan fingerprint density at radius 1 is 0.820 bits per heavy atom. The van der Waals surface area contributed by atoms with Crippen LogP contribution >= 0.6 is 11.3 Å². The first kappa shape index (κ1) is 35.8. The summed E-state index contributed by atoms with van der Waals surface area (Å²) >= 11 is 1.71. The molecule has 7 aliphatic heterocycles. The molecule has 50 heavy (non-hydrogen) atoms. The van der Waals surface area contributed by atoms with Crippen LogP contribution in [0, 0.1) is 30.6 Å². The number of rotatable bonds is 3. The number of carbonyl (C=O) groups is 4. The average Bonchev–Trinajstić information content (AvgIpc) is 3.80. The van der Waals surface area contributed by atoms with E-state index in [1.54, 1.807) is 11.3 Å². The summed E-state index contributed by atoms with van der Waals surface area (Å²) < 4.78 is 5.66. The maximum absolute atomic E-state index is 13.7. The lowest BCUT2D eigenvalue weighted by atomic mass is 9.79. The number of nitrogens with zero attached hydrogens (tertiary/aromatic N) is 5. The number of hydrogen-bond acceptors (Lipinski definition) is 8. The average molecular weight is 711 g/mol. The van der Waals surface area contributed by atoms with Gasteiger partial charge in [0.1, 0.15) is 0 Å². The van der Waals surface area contributed by atoms with E-state index in [0.29, 0.717) is 62.7 Å². The van der Waals surface area contributed by atoms with Crippen molar-refractivity contribution < 1.29 is 23.9 Å². The highest BCUT2D eigenvalue weighted by Crippen LogP contribution is 2.36. The van der Waals surface area contributed by atoms with E-state index in [2.05, 4.69) is 22.0 Å². The van der Waals surface area contributed by atoms with Gasteiger partial charge in [-0.3, -0.25) is 24.1 Å². The number of thiazole rings is 1. The van der Waals surface area contributed by atoms with E-state index in [-0.39, 0.29) is 41.9 Å². The first-order chi connectivity index (χ1) is 24.3. The molecule has 0 saturated carbocycles. The number of carbonyl (C=O) groups excluding carboxylic acids is 4. The lowest BCUT2D eigenvalue weighted by Gasteiger charge is -2.44. The lowest BCUT2D eigenvalue weighted by molar-refractivity contribution is -0.137. The van der Waals surface area contributed by atoms with Crippen LogP contribution in [0.5, 0.6) is 0 Å². The van der Waals surface area contributed by atoms with E-state index in [0.717, 1.165) is 126 Å². The van der Waals surface area contributed by atoms with Crippen LogP contribution in [0.4, 0.5) is 0 Å². The monoisotopic (exact) mass is 710 g/mol. The number of likely N-dealkylation sites (tertiary alicyclic amines) is 2. The summed E-state index contributed by atoms with van der Waals surface area (Å²) in [5.41, 5.74) is 0.859. The molecule has 0 spiro atoms. The predicted molar refractivity (Wildman–Crippen MR) is 192 cm³/mol. The van der Waals surface area contributed by atoms with Gasteiger partial charge in [0.2, 0.25) is 23.6 Å². The van der Waals surface area contributed by atoms with Crippen LogP contribution in [0.1, 0.15) is 98.5 Å². The molecule has 0 aliphatic carbocycles. The normalized spacial score (nSPS) is 31.3. The number of ether oxygens (including phenoxy) is 1. The number of aryl methyl sites for hydroxylation is 1. The Morgan fingerprint density at radius 2 is 1.58 bits per heavy atom. The van der Waals surface area contributed by atoms with Crippen molar-refractivity contribution in [2.24, 2.45) is 23.7 Å². The van der Waals surface area contributed by atoms with Crippen LogP contribution in [0.2, 0.25) is 0 Å². The molecule has 8 heterocycles. The summed E-state index contributed by atoms with van der Waals surface area (Å²) in [5, 5.41) is 4.34. The van der Waals surface area contributed by atoms with E-state index in [4.69, 9.17) is 9.72 Å². The molecule has 4 atom stereocenters. The fourth-order valence-corrected chi connectivity index (χ4v) is 10.8. The first-order valence-electron chi connectivity index (χ1n) is 19.7. The summed E-state index contributed by atoms with van der Waals surface area (Å²) in [5.74, 6) is 1.52. The van der Waals surface area contributed by atoms with Gasteiger partial charge in [-0.25, -0.2) is 4.98 Å². The molecule has 5 saturated heterocycles. The van der Waals surface area contributed by atoms with Crippen LogP contribution in [0.15, 0.2) is 0 Å². The Morgan fingerprint density at radius 3 is 2.36 bits per heavy atom. The Labute approximate surface area is 301 Å². The van der Waals surface area contributed by atoms with E-state index in [1.807, 2.05) is 9.80 Å². The zero-order valence-electron chi connectivity index (χ0n) is 30.1. The van der Waals surface area contributed by atoms with Crippen molar-refractivity contribution in [3.8, 4) is 0 Å². The number of piperidine rings is 3. The van der Waals surface area contributed by atoms with Gasteiger partial charge in [-0.05, 0) is 94.9 Å². The second kappa shape index (κ2) is 16.4. The second-order valence-electron chi connectivity index (χ2n) is 16.0. The summed E-state index contributed by atoms with van der Waals surface area (Å²) in [7, 11) is 0. The maximum atomic E-state index is 13.7. The Bertz CT molecular complexity index is 1370. The SMILES string of the molecule is Cc1sc2nc1CC(=O)N1CC[C@@H](CC(=O)N3CCCC3)[C@@H](CC(=O)NCC[C@H]3CN(C4CCOCC4)CC[C@H]3CC(=O)N3CCC2CC3)C1. The van der Waals surface area contributed by atoms with Crippen LogP contribution in [-0.4, -0.2) is 126 Å². The first-order valence-corrected chi connectivity index (χ1v) is 20.5. The molecular weight excluding hydrogens is 653 g/mol. The summed E-state index contributed by atoms with van der Waals surface area (Å²) in [4.78, 5) is 69.0. The third-order valence-corrected chi connectivity index (χ3v) is 14.1. The molecule has 12 heteroatoms. The highest BCUT2D eigenvalue weighted by Gasteiger charge is 2.38. The number of hydrogen-bond donors (Lipinski definition) is 1. The fourth-order valence-electron chi connectivity index (χ4n) is 9.69.